The Kier molecular flexibility index (Phi) is 2.56. The maximum atomic E-state index is 2.28. The largest absolute Gasteiger partial charge is 0.350 e. The van der Waals surface area contributed by atoms with Gasteiger partial charge in [0, 0.05) is 24.1 Å². The normalized spacial score (nSPS) is 11.5. The Morgan fingerprint density at radius 2 is 2.00 bits per heavy atom. The van der Waals surface area contributed by atoms with Crippen molar-refractivity contribution in [2.24, 2.45) is 13.0 Å². The molecule has 15 heavy (non-hydrogen) atoms. The quantitative estimate of drug-likeness (QED) is 0.698. The number of aromatic nitrogens is 1. The van der Waals surface area contributed by atoms with Crippen LogP contribution in [0.4, 0.5) is 0 Å². The predicted molar refractivity (Wildman–Crippen MR) is 66.2 cm³/mol. The van der Waals surface area contributed by atoms with Gasteiger partial charge < -0.3 is 4.57 Å². The third kappa shape index (κ3) is 1.79. The van der Waals surface area contributed by atoms with E-state index in [1.54, 1.807) is 0 Å². The van der Waals surface area contributed by atoms with Crippen molar-refractivity contribution in [3.8, 4) is 0 Å². The maximum Gasteiger partial charge on any atom is 0.0483 e. The van der Waals surface area contributed by atoms with Crippen molar-refractivity contribution in [1.29, 1.82) is 0 Å². The molecule has 80 valence electrons. The Hall–Kier alpha value is -1.24. The molecule has 0 unspecified atom stereocenters. The molecule has 0 bridgehead atoms. The van der Waals surface area contributed by atoms with Crippen molar-refractivity contribution in [3.05, 3.63) is 35.5 Å². The third-order valence-corrected chi connectivity index (χ3v) is 2.93. The molecule has 0 spiro atoms. The van der Waals surface area contributed by atoms with Crippen LogP contribution in [-0.4, -0.2) is 4.57 Å². The second-order valence-electron chi connectivity index (χ2n) is 4.83. The average Bonchev–Trinajstić information content (AvgIpc) is 2.44. The fraction of sp³-hybridized carbons (Fsp3) is 0.429. The van der Waals surface area contributed by atoms with Crippen LogP contribution in [0.1, 0.15) is 25.0 Å². The summed E-state index contributed by atoms with van der Waals surface area (Å²) >= 11 is 0. The van der Waals surface area contributed by atoms with Crippen molar-refractivity contribution in [2.45, 2.75) is 27.2 Å². The summed E-state index contributed by atoms with van der Waals surface area (Å²) in [4.78, 5) is 0. The van der Waals surface area contributed by atoms with Crippen LogP contribution >= 0.6 is 0 Å². The number of hydrogen-bond donors (Lipinski definition) is 0. The molecule has 1 aromatic carbocycles. The minimum absolute atomic E-state index is 0.718. The summed E-state index contributed by atoms with van der Waals surface area (Å²) in [6.07, 6.45) is 3.44. The lowest BCUT2D eigenvalue weighted by molar-refractivity contribution is 0.648. The molecule has 0 atom stereocenters. The van der Waals surface area contributed by atoms with E-state index in [0.29, 0.717) is 0 Å². The molecule has 0 N–H and O–H groups in total. The molecular weight excluding hydrogens is 182 g/mol. The molecule has 0 saturated heterocycles. The lowest BCUT2D eigenvalue weighted by Gasteiger charge is -2.04. The molecule has 1 heterocycles. The van der Waals surface area contributed by atoms with Crippen molar-refractivity contribution < 1.29 is 0 Å². The zero-order valence-corrected chi connectivity index (χ0v) is 10.0. The van der Waals surface area contributed by atoms with Crippen LogP contribution in [0, 0.1) is 12.8 Å². The van der Waals surface area contributed by atoms with Gasteiger partial charge in [-0.15, -0.1) is 0 Å². The highest BCUT2D eigenvalue weighted by Crippen LogP contribution is 2.25. The number of nitrogens with zero attached hydrogens (tertiary/aromatic N) is 1. The van der Waals surface area contributed by atoms with Gasteiger partial charge in [-0.25, -0.2) is 0 Å². The van der Waals surface area contributed by atoms with Crippen LogP contribution in [0.2, 0.25) is 0 Å². The number of aryl methyl sites for hydroxylation is 2. The average molecular weight is 201 g/mol. The Bertz CT molecular complexity index is 477. The number of hydrogen-bond acceptors (Lipinski definition) is 0. The van der Waals surface area contributed by atoms with Gasteiger partial charge in [0.25, 0.3) is 0 Å². The summed E-state index contributed by atoms with van der Waals surface area (Å²) in [5.74, 6) is 0.718. The zero-order chi connectivity index (χ0) is 11.0. The maximum absolute atomic E-state index is 2.28. The molecule has 1 nitrogen and oxygen atoms in total. The summed E-state index contributed by atoms with van der Waals surface area (Å²) in [6.45, 7) is 6.75. The van der Waals surface area contributed by atoms with Crippen LogP contribution in [0.3, 0.4) is 0 Å². The first kappa shape index (κ1) is 10.3. The predicted octanol–water partition coefficient (Wildman–Crippen LogP) is 3.69. The van der Waals surface area contributed by atoms with Crippen molar-refractivity contribution >= 4 is 10.9 Å². The summed E-state index contributed by atoms with van der Waals surface area (Å²) in [7, 11) is 2.13. The van der Waals surface area contributed by atoms with Gasteiger partial charge in [-0.3, -0.25) is 0 Å². The van der Waals surface area contributed by atoms with Gasteiger partial charge in [-0.1, -0.05) is 26.0 Å². The standard InChI is InChI=1S/C14H19N/c1-10(2)8-12-9-15(4)13-7-5-6-11(3)14(12)13/h5-7,9-10H,8H2,1-4H3. The van der Waals surface area contributed by atoms with E-state index < -0.39 is 0 Å². The summed E-state index contributed by atoms with van der Waals surface area (Å²) in [6, 6.07) is 6.54. The zero-order valence-electron chi connectivity index (χ0n) is 10.0. The Labute approximate surface area is 91.7 Å². The van der Waals surface area contributed by atoms with Crippen LogP contribution in [-0.2, 0) is 13.5 Å². The molecule has 1 heteroatoms. The van der Waals surface area contributed by atoms with Gasteiger partial charge >= 0.3 is 0 Å². The molecule has 0 radical (unpaired) electrons. The fourth-order valence-corrected chi connectivity index (χ4v) is 2.33. The Balaban J connectivity index is 2.65. The van der Waals surface area contributed by atoms with E-state index >= 15 is 0 Å². The first-order valence-corrected chi connectivity index (χ1v) is 5.63. The van der Waals surface area contributed by atoms with E-state index in [-0.39, 0.29) is 0 Å². The van der Waals surface area contributed by atoms with Gasteiger partial charge in [0.2, 0.25) is 0 Å². The highest BCUT2D eigenvalue weighted by atomic mass is 14.9. The van der Waals surface area contributed by atoms with Crippen LogP contribution < -0.4 is 0 Å². The summed E-state index contributed by atoms with van der Waals surface area (Å²) < 4.78 is 2.24. The molecule has 2 aromatic rings. The van der Waals surface area contributed by atoms with E-state index in [1.165, 1.54) is 28.5 Å². The van der Waals surface area contributed by atoms with Crippen molar-refractivity contribution in [1.82, 2.24) is 4.57 Å². The van der Waals surface area contributed by atoms with Crippen LogP contribution in [0.25, 0.3) is 10.9 Å². The van der Waals surface area contributed by atoms with E-state index in [4.69, 9.17) is 0 Å². The third-order valence-electron chi connectivity index (χ3n) is 2.93. The monoisotopic (exact) mass is 201 g/mol. The number of benzene rings is 1. The van der Waals surface area contributed by atoms with E-state index in [0.717, 1.165) is 5.92 Å². The first-order valence-electron chi connectivity index (χ1n) is 5.63. The van der Waals surface area contributed by atoms with Crippen LogP contribution in [0.5, 0.6) is 0 Å². The highest BCUT2D eigenvalue weighted by molar-refractivity contribution is 5.87. The summed E-state index contributed by atoms with van der Waals surface area (Å²) in [5.41, 5.74) is 4.23. The lowest BCUT2D eigenvalue weighted by Crippen LogP contribution is -1.93. The Morgan fingerprint density at radius 3 is 2.67 bits per heavy atom. The number of rotatable bonds is 2. The van der Waals surface area contributed by atoms with Crippen molar-refractivity contribution in [3.63, 3.8) is 0 Å². The molecule has 0 fully saturated rings. The molecule has 0 aliphatic heterocycles. The second-order valence-corrected chi connectivity index (χ2v) is 4.83. The lowest BCUT2D eigenvalue weighted by atomic mass is 10.00. The molecule has 0 aliphatic rings. The van der Waals surface area contributed by atoms with E-state index in [9.17, 15) is 0 Å². The smallest absolute Gasteiger partial charge is 0.0483 e. The Morgan fingerprint density at radius 1 is 1.27 bits per heavy atom. The van der Waals surface area contributed by atoms with Gasteiger partial charge in [0.15, 0.2) is 0 Å². The first-order chi connectivity index (χ1) is 7.09. The van der Waals surface area contributed by atoms with Gasteiger partial charge in [0.1, 0.15) is 0 Å². The summed E-state index contributed by atoms with van der Waals surface area (Å²) in [5, 5.41) is 1.45. The molecular formula is C14H19N. The molecule has 2 rings (SSSR count). The second kappa shape index (κ2) is 3.73. The molecule has 0 amide bonds. The van der Waals surface area contributed by atoms with Crippen LogP contribution in [0.15, 0.2) is 24.4 Å². The fourth-order valence-electron chi connectivity index (χ4n) is 2.33. The topological polar surface area (TPSA) is 4.93 Å². The van der Waals surface area contributed by atoms with E-state index in [2.05, 4.69) is 56.8 Å². The molecule has 0 saturated carbocycles. The molecule has 0 aliphatic carbocycles. The molecule has 1 aromatic heterocycles. The number of fused-ring (bicyclic) bond motifs is 1. The highest BCUT2D eigenvalue weighted by Gasteiger charge is 2.09. The minimum atomic E-state index is 0.718. The van der Waals surface area contributed by atoms with Crippen molar-refractivity contribution in [2.75, 3.05) is 0 Å². The minimum Gasteiger partial charge on any atom is -0.350 e. The SMILES string of the molecule is Cc1cccc2c1c(CC(C)C)cn2C. The van der Waals surface area contributed by atoms with Gasteiger partial charge in [0.05, 0.1) is 0 Å². The van der Waals surface area contributed by atoms with Gasteiger partial charge in [-0.2, -0.15) is 0 Å². The van der Waals surface area contributed by atoms with Gasteiger partial charge in [-0.05, 0) is 36.5 Å². The van der Waals surface area contributed by atoms with E-state index in [1.807, 2.05) is 0 Å².